The topological polar surface area (TPSA) is 58.6 Å². The standard InChI is InChI=1S/C12H15F2NO3/c1-12(11(16)17,15-6-7-18-2)8-4-3-5-9(13)10(8)14/h3-5,15H,6-7H2,1-2H3,(H,16,17). The zero-order valence-corrected chi connectivity index (χ0v) is 10.2. The second-order valence-corrected chi connectivity index (χ2v) is 3.95. The minimum atomic E-state index is -1.70. The minimum absolute atomic E-state index is 0.204. The van der Waals surface area contributed by atoms with Crippen LogP contribution in [0.15, 0.2) is 18.2 Å². The Hall–Kier alpha value is -1.53. The molecule has 1 aromatic carbocycles. The van der Waals surface area contributed by atoms with Gasteiger partial charge < -0.3 is 9.84 Å². The molecule has 0 amide bonds. The zero-order chi connectivity index (χ0) is 13.8. The molecule has 0 radical (unpaired) electrons. The quantitative estimate of drug-likeness (QED) is 0.760. The fourth-order valence-corrected chi connectivity index (χ4v) is 1.58. The molecule has 0 spiro atoms. The van der Waals surface area contributed by atoms with Crippen molar-refractivity contribution in [3.8, 4) is 0 Å². The number of nitrogens with one attached hydrogen (secondary N) is 1. The van der Waals surface area contributed by atoms with Gasteiger partial charge >= 0.3 is 5.97 Å². The van der Waals surface area contributed by atoms with Gasteiger partial charge in [0.25, 0.3) is 0 Å². The van der Waals surface area contributed by atoms with Crippen LogP contribution in [-0.4, -0.2) is 31.3 Å². The summed E-state index contributed by atoms with van der Waals surface area (Å²) in [5, 5.41) is 11.9. The van der Waals surface area contributed by atoms with E-state index >= 15 is 0 Å². The van der Waals surface area contributed by atoms with Gasteiger partial charge in [0, 0.05) is 19.2 Å². The van der Waals surface area contributed by atoms with Crippen molar-refractivity contribution in [1.82, 2.24) is 5.32 Å². The molecule has 0 aliphatic rings. The van der Waals surface area contributed by atoms with Crippen LogP contribution in [0.3, 0.4) is 0 Å². The third-order valence-electron chi connectivity index (χ3n) is 2.70. The molecule has 0 bridgehead atoms. The molecule has 6 heteroatoms. The summed E-state index contributed by atoms with van der Waals surface area (Å²) in [5.41, 5.74) is -1.95. The van der Waals surface area contributed by atoms with Crippen molar-refractivity contribution < 1.29 is 23.4 Å². The number of ether oxygens (including phenoxy) is 1. The first-order valence-electron chi connectivity index (χ1n) is 5.35. The van der Waals surface area contributed by atoms with Crippen molar-refractivity contribution in [2.24, 2.45) is 0 Å². The van der Waals surface area contributed by atoms with Crippen LogP contribution in [0.2, 0.25) is 0 Å². The molecule has 0 fully saturated rings. The molecule has 100 valence electrons. The molecule has 1 unspecified atom stereocenters. The SMILES string of the molecule is COCCNC(C)(C(=O)O)c1cccc(F)c1F. The highest BCUT2D eigenvalue weighted by Crippen LogP contribution is 2.25. The Morgan fingerprint density at radius 1 is 1.50 bits per heavy atom. The third-order valence-corrected chi connectivity index (χ3v) is 2.70. The molecule has 1 aromatic rings. The Bertz CT molecular complexity index is 439. The monoisotopic (exact) mass is 259 g/mol. The number of rotatable bonds is 6. The number of hydrogen-bond donors (Lipinski definition) is 2. The maximum Gasteiger partial charge on any atom is 0.328 e. The summed E-state index contributed by atoms with van der Waals surface area (Å²) < 4.78 is 31.6. The molecule has 0 saturated carbocycles. The van der Waals surface area contributed by atoms with Crippen molar-refractivity contribution in [3.63, 3.8) is 0 Å². The third kappa shape index (κ3) is 2.83. The fourth-order valence-electron chi connectivity index (χ4n) is 1.58. The molecular weight excluding hydrogens is 244 g/mol. The molecule has 1 rings (SSSR count). The Kier molecular flexibility index (Phi) is 4.75. The second kappa shape index (κ2) is 5.88. The predicted molar refractivity (Wildman–Crippen MR) is 61.2 cm³/mol. The van der Waals surface area contributed by atoms with Crippen LogP contribution in [-0.2, 0) is 15.1 Å². The number of halogens is 2. The molecule has 0 aliphatic carbocycles. The Balaban J connectivity index is 3.11. The average molecular weight is 259 g/mol. The predicted octanol–water partition coefficient (Wildman–Crippen LogP) is 1.50. The van der Waals surface area contributed by atoms with Crippen molar-refractivity contribution in [3.05, 3.63) is 35.4 Å². The molecule has 0 heterocycles. The van der Waals surface area contributed by atoms with Gasteiger partial charge in [-0.05, 0) is 13.0 Å². The lowest BCUT2D eigenvalue weighted by atomic mass is 9.91. The van der Waals surface area contributed by atoms with Crippen LogP contribution in [0.5, 0.6) is 0 Å². The summed E-state index contributed by atoms with van der Waals surface area (Å²) in [7, 11) is 1.46. The van der Waals surface area contributed by atoms with Gasteiger partial charge in [-0.25, -0.2) is 13.6 Å². The lowest BCUT2D eigenvalue weighted by molar-refractivity contribution is -0.144. The number of carboxylic acid groups (broad SMARTS) is 1. The van der Waals surface area contributed by atoms with E-state index in [0.717, 1.165) is 6.07 Å². The number of benzene rings is 1. The largest absolute Gasteiger partial charge is 0.480 e. The van der Waals surface area contributed by atoms with Crippen molar-refractivity contribution in [1.29, 1.82) is 0 Å². The van der Waals surface area contributed by atoms with Crippen LogP contribution in [0.4, 0.5) is 8.78 Å². The fraction of sp³-hybridized carbons (Fsp3) is 0.417. The summed E-state index contributed by atoms with van der Waals surface area (Å²) in [6.07, 6.45) is 0. The van der Waals surface area contributed by atoms with Gasteiger partial charge in [-0.2, -0.15) is 0 Å². The zero-order valence-electron chi connectivity index (χ0n) is 10.2. The lowest BCUT2D eigenvalue weighted by Crippen LogP contribution is -2.48. The highest BCUT2D eigenvalue weighted by molar-refractivity contribution is 5.80. The molecule has 1 atom stereocenters. The second-order valence-electron chi connectivity index (χ2n) is 3.95. The molecule has 0 aliphatic heterocycles. The van der Waals surface area contributed by atoms with Gasteiger partial charge in [-0.1, -0.05) is 12.1 Å². The van der Waals surface area contributed by atoms with Gasteiger partial charge in [-0.15, -0.1) is 0 Å². The van der Waals surface area contributed by atoms with Crippen LogP contribution in [0.25, 0.3) is 0 Å². The van der Waals surface area contributed by atoms with Gasteiger partial charge in [0.2, 0.25) is 0 Å². The van der Waals surface area contributed by atoms with Crippen molar-refractivity contribution in [2.45, 2.75) is 12.5 Å². The van der Waals surface area contributed by atoms with E-state index in [1.807, 2.05) is 0 Å². The van der Waals surface area contributed by atoms with Crippen molar-refractivity contribution >= 4 is 5.97 Å². The summed E-state index contributed by atoms with van der Waals surface area (Å²) in [6, 6.07) is 3.45. The summed E-state index contributed by atoms with van der Waals surface area (Å²) >= 11 is 0. The van der Waals surface area contributed by atoms with E-state index in [-0.39, 0.29) is 18.7 Å². The summed E-state index contributed by atoms with van der Waals surface area (Å²) in [4.78, 5) is 11.3. The highest BCUT2D eigenvalue weighted by atomic mass is 19.2. The molecule has 0 saturated heterocycles. The normalized spacial score (nSPS) is 14.2. The van der Waals surface area contributed by atoms with Crippen LogP contribution in [0, 0.1) is 11.6 Å². The van der Waals surface area contributed by atoms with E-state index in [9.17, 15) is 18.7 Å². The Morgan fingerprint density at radius 3 is 2.72 bits per heavy atom. The van der Waals surface area contributed by atoms with Gasteiger partial charge in [-0.3, -0.25) is 5.32 Å². The lowest BCUT2D eigenvalue weighted by Gasteiger charge is -2.27. The van der Waals surface area contributed by atoms with Crippen LogP contribution >= 0.6 is 0 Å². The highest BCUT2D eigenvalue weighted by Gasteiger charge is 2.37. The van der Waals surface area contributed by atoms with Gasteiger partial charge in [0.1, 0.15) is 5.54 Å². The number of carbonyl (C=O) groups is 1. The van der Waals surface area contributed by atoms with Gasteiger partial charge in [0.05, 0.1) is 6.61 Å². The summed E-state index contributed by atoms with van der Waals surface area (Å²) in [5.74, 6) is -3.52. The molecule has 2 N–H and O–H groups in total. The molecule has 4 nitrogen and oxygen atoms in total. The van der Waals surface area contributed by atoms with Crippen molar-refractivity contribution in [2.75, 3.05) is 20.3 Å². The van der Waals surface area contributed by atoms with Crippen LogP contribution < -0.4 is 5.32 Å². The maximum absolute atomic E-state index is 13.7. The van der Waals surface area contributed by atoms with E-state index in [4.69, 9.17) is 4.74 Å². The molecule has 18 heavy (non-hydrogen) atoms. The first kappa shape index (κ1) is 14.5. The molecular formula is C12H15F2NO3. The first-order chi connectivity index (χ1) is 8.43. The number of methoxy groups -OCH3 is 1. The number of carboxylic acids is 1. The van der Waals surface area contributed by atoms with Crippen LogP contribution in [0.1, 0.15) is 12.5 Å². The summed E-state index contributed by atoms with van der Waals surface area (Å²) in [6.45, 7) is 1.75. The number of hydrogen-bond acceptors (Lipinski definition) is 3. The maximum atomic E-state index is 13.7. The van der Waals surface area contributed by atoms with Gasteiger partial charge in [0.15, 0.2) is 11.6 Å². The van der Waals surface area contributed by atoms with E-state index in [0.29, 0.717) is 0 Å². The molecule has 0 aromatic heterocycles. The smallest absolute Gasteiger partial charge is 0.328 e. The Morgan fingerprint density at radius 2 is 2.17 bits per heavy atom. The van der Waals surface area contributed by atoms with E-state index in [1.54, 1.807) is 0 Å². The van der Waals surface area contributed by atoms with E-state index < -0.39 is 23.1 Å². The Labute approximate surface area is 104 Å². The first-order valence-corrected chi connectivity index (χ1v) is 5.35. The number of aliphatic carboxylic acids is 1. The minimum Gasteiger partial charge on any atom is -0.480 e. The van der Waals surface area contributed by atoms with E-state index in [1.165, 1.54) is 26.2 Å². The average Bonchev–Trinajstić information content (AvgIpc) is 2.32. The van der Waals surface area contributed by atoms with E-state index in [2.05, 4.69) is 5.32 Å².